The van der Waals surface area contributed by atoms with E-state index in [-0.39, 0.29) is 12.3 Å². The van der Waals surface area contributed by atoms with Crippen LogP contribution in [0.3, 0.4) is 0 Å². The molecule has 9 heteroatoms. The van der Waals surface area contributed by atoms with Crippen molar-refractivity contribution in [3.05, 3.63) is 59.1 Å². The quantitative estimate of drug-likeness (QED) is 0.355. The normalized spacial score (nSPS) is 13.1. The molecule has 0 aliphatic rings. The van der Waals surface area contributed by atoms with Crippen molar-refractivity contribution in [2.24, 2.45) is 5.73 Å². The van der Waals surface area contributed by atoms with Crippen molar-refractivity contribution in [3.63, 3.8) is 0 Å². The molecule has 0 unspecified atom stereocenters. The first-order valence-electron chi connectivity index (χ1n) is 10.6. The highest BCUT2D eigenvalue weighted by Crippen LogP contribution is 2.14. The van der Waals surface area contributed by atoms with E-state index in [1.807, 2.05) is 6.92 Å². The predicted octanol–water partition coefficient (Wildman–Crippen LogP) is 4.02. The number of aromatic nitrogens is 2. The van der Waals surface area contributed by atoms with E-state index in [9.17, 15) is 9.59 Å². The first kappa shape index (κ1) is 27.4. The molecule has 180 valence electrons. The van der Waals surface area contributed by atoms with E-state index in [1.54, 1.807) is 66.0 Å². The number of hydrogen-bond donors (Lipinski definition) is 3. The zero-order valence-corrected chi connectivity index (χ0v) is 20.5. The number of ether oxygens (including phenoxy) is 2. The van der Waals surface area contributed by atoms with Crippen molar-refractivity contribution in [1.29, 1.82) is 0 Å². The molecule has 1 amide bonds. The summed E-state index contributed by atoms with van der Waals surface area (Å²) in [7, 11) is 0. The fraction of sp³-hybridized carbons (Fsp3) is 0.417. The minimum Gasteiger partial charge on any atom is -0.478 e. The van der Waals surface area contributed by atoms with Crippen molar-refractivity contribution in [2.45, 2.75) is 54.1 Å². The fourth-order valence-corrected chi connectivity index (χ4v) is 2.45. The van der Waals surface area contributed by atoms with Crippen LogP contribution in [0.5, 0.6) is 5.88 Å². The third kappa shape index (κ3) is 10.0. The molecular weight excluding hydrogens is 422 g/mol. The average molecular weight is 458 g/mol. The van der Waals surface area contributed by atoms with Gasteiger partial charge in [0.25, 0.3) is 0 Å². The molecule has 1 heterocycles. The Morgan fingerprint density at radius 3 is 2.42 bits per heavy atom. The van der Waals surface area contributed by atoms with Gasteiger partial charge in [0.2, 0.25) is 11.8 Å². The summed E-state index contributed by atoms with van der Waals surface area (Å²) in [5, 5.41) is 5.65. The van der Waals surface area contributed by atoms with Gasteiger partial charge in [0.1, 0.15) is 5.60 Å². The zero-order chi connectivity index (χ0) is 25.2. The van der Waals surface area contributed by atoms with Crippen LogP contribution < -0.4 is 21.1 Å². The van der Waals surface area contributed by atoms with E-state index >= 15 is 0 Å². The molecule has 0 aliphatic heterocycles. The number of hydrogen-bond acceptors (Lipinski definition) is 8. The molecule has 0 atom stereocenters. The first-order valence-corrected chi connectivity index (χ1v) is 10.6. The number of amides is 1. The Labute approximate surface area is 195 Å². The van der Waals surface area contributed by atoms with E-state index in [1.165, 1.54) is 0 Å². The second kappa shape index (κ2) is 12.4. The Hall–Kier alpha value is -3.62. The van der Waals surface area contributed by atoms with Crippen molar-refractivity contribution in [1.82, 2.24) is 15.3 Å². The Morgan fingerprint density at radius 2 is 1.88 bits per heavy atom. The topological polar surface area (TPSA) is 128 Å². The molecular formula is C24H35N5O4. The lowest BCUT2D eigenvalue weighted by Gasteiger charge is -2.20. The monoisotopic (exact) mass is 457 g/mol. The number of alkyl carbamates (subject to hydrolysis) is 1. The summed E-state index contributed by atoms with van der Waals surface area (Å²) >= 11 is 0. The number of nitrogens with zero attached hydrogens (tertiary/aromatic N) is 2. The molecule has 1 rings (SSSR count). The molecule has 0 radical (unpaired) electrons. The molecule has 1 aromatic rings. The number of carbonyl (C=O) groups is 2. The molecule has 0 fully saturated rings. The lowest BCUT2D eigenvalue weighted by atomic mass is 10.0. The Kier molecular flexibility index (Phi) is 10.3. The summed E-state index contributed by atoms with van der Waals surface area (Å²) in [6.07, 6.45) is 4.16. The van der Waals surface area contributed by atoms with Gasteiger partial charge in [-0.2, -0.15) is 4.98 Å². The van der Waals surface area contributed by atoms with Gasteiger partial charge < -0.3 is 20.5 Å². The lowest BCUT2D eigenvalue weighted by Crippen LogP contribution is -2.32. The van der Waals surface area contributed by atoms with Crippen molar-refractivity contribution in [3.8, 4) is 5.88 Å². The van der Waals surface area contributed by atoms with Crippen LogP contribution in [-0.2, 0) is 9.53 Å². The second-order valence-corrected chi connectivity index (χ2v) is 8.33. The minimum atomic E-state index is -0.636. The fourth-order valence-electron chi connectivity index (χ4n) is 2.45. The van der Waals surface area contributed by atoms with Crippen molar-refractivity contribution < 1.29 is 19.1 Å². The van der Waals surface area contributed by atoms with Gasteiger partial charge in [-0.3, -0.25) is 10.1 Å². The number of rotatable bonds is 10. The number of nitrogens with one attached hydrogen (secondary N) is 2. The molecule has 9 nitrogen and oxygen atoms in total. The van der Waals surface area contributed by atoms with E-state index in [0.29, 0.717) is 46.5 Å². The summed E-state index contributed by atoms with van der Waals surface area (Å²) in [5.41, 5.74) is 7.55. The van der Waals surface area contributed by atoms with Gasteiger partial charge in [0, 0.05) is 35.8 Å². The maximum absolute atomic E-state index is 13.0. The smallest absolute Gasteiger partial charge is 0.412 e. The highest BCUT2D eigenvalue weighted by Gasteiger charge is 2.18. The third-order valence-electron chi connectivity index (χ3n) is 4.05. The summed E-state index contributed by atoms with van der Waals surface area (Å²) in [6.45, 7) is 16.7. The van der Waals surface area contributed by atoms with Gasteiger partial charge in [-0.05, 0) is 65.7 Å². The van der Waals surface area contributed by atoms with Crippen LogP contribution in [0.4, 0.5) is 10.7 Å². The van der Waals surface area contributed by atoms with Crippen molar-refractivity contribution >= 4 is 17.8 Å². The second-order valence-electron chi connectivity index (χ2n) is 8.33. The summed E-state index contributed by atoms with van der Waals surface area (Å²) in [4.78, 5) is 33.4. The molecule has 1 aromatic heterocycles. The molecule has 0 bridgehead atoms. The molecule has 0 saturated heterocycles. The van der Waals surface area contributed by atoms with Gasteiger partial charge in [-0.25, -0.2) is 9.78 Å². The molecule has 0 aromatic carbocycles. The van der Waals surface area contributed by atoms with Crippen LogP contribution in [-0.4, -0.2) is 40.6 Å². The zero-order valence-electron chi connectivity index (χ0n) is 20.5. The number of allylic oxidation sites excluding steroid dienone is 5. The van der Waals surface area contributed by atoms with Gasteiger partial charge in [0.05, 0.1) is 6.61 Å². The lowest BCUT2D eigenvalue weighted by molar-refractivity contribution is -0.112. The SMILES string of the molecule is C=C(C)/C(=C\C=C(/C)C(=O)/C(CNc1nccc(OCC)n1)=C(/C)N)NC(=O)OC(C)(C)C. The molecule has 0 saturated carbocycles. The standard InChI is InChI=1S/C24H35N5O4/c1-9-32-20-12-13-26-22(29-20)27-14-18(17(5)25)21(30)16(4)10-11-19(15(2)3)28-23(31)33-24(6,7)8/h10-13H,2,9,14,25H2,1,3-8H3,(H,28,31)(H,26,27,29)/b16-10+,18-17-,19-11+. The van der Waals surface area contributed by atoms with Crippen LogP contribution >= 0.6 is 0 Å². The maximum atomic E-state index is 13.0. The Bertz CT molecular complexity index is 967. The van der Waals surface area contributed by atoms with E-state index in [0.717, 1.165) is 0 Å². The van der Waals surface area contributed by atoms with E-state index < -0.39 is 11.7 Å². The average Bonchev–Trinajstić information content (AvgIpc) is 2.69. The summed E-state index contributed by atoms with van der Waals surface area (Å²) in [6, 6.07) is 1.65. The van der Waals surface area contributed by atoms with E-state index in [4.69, 9.17) is 15.2 Å². The summed E-state index contributed by atoms with van der Waals surface area (Å²) in [5.74, 6) is 0.501. The molecule has 4 N–H and O–H groups in total. The maximum Gasteiger partial charge on any atom is 0.412 e. The van der Waals surface area contributed by atoms with Crippen LogP contribution in [0.15, 0.2) is 59.1 Å². The van der Waals surface area contributed by atoms with Gasteiger partial charge in [0.15, 0.2) is 5.78 Å². The van der Waals surface area contributed by atoms with Crippen LogP contribution in [0.25, 0.3) is 0 Å². The van der Waals surface area contributed by atoms with Gasteiger partial charge in [-0.1, -0.05) is 12.7 Å². The van der Waals surface area contributed by atoms with Crippen LogP contribution in [0.1, 0.15) is 48.5 Å². The molecule has 0 spiro atoms. The Morgan fingerprint density at radius 1 is 1.21 bits per heavy atom. The van der Waals surface area contributed by atoms with Crippen molar-refractivity contribution in [2.75, 3.05) is 18.5 Å². The van der Waals surface area contributed by atoms with Crippen LogP contribution in [0.2, 0.25) is 0 Å². The molecule has 0 aliphatic carbocycles. The van der Waals surface area contributed by atoms with E-state index in [2.05, 4.69) is 27.2 Å². The number of anilines is 1. The number of nitrogens with two attached hydrogens (primary N) is 1. The third-order valence-corrected chi connectivity index (χ3v) is 4.05. The summed E-state index contributed by atoms with van der Waals surface area (Å²) < 4.78 is 10.6. The number of carbonyl (C=O) groups excluding carboxylic acids is 2. The Balaban J connectivity index is 2.98. The number of ketones is 1. The minimum absolute atomic E-state index is 0.134. The molecule has 33 heavy (non-hydrogen) atoms. The van der Waals surface area contributed by atoms with Crippen LogP contribution in [0, 0.1) is 0 Å². The highest BCUT2D eigenvalue weighted by atomic mass is 16.6. The predicted molar refractivity (Wildman–Crippen MR) is 130 cm³/mol. The first-order chi connectivity index (χ1) is 15.3. The van der Waals surface area contributed by atoms with Gasteiger partial charge in [-0.15, -0.1) is 0 Å². The highest BCUT2D eigenvalue weighted by molar-refractivity contribution is 6.08. The largest absolute Gasteiger partial charge is 0.478 e. The number of Topliss-reactive ketones (excluding diaryl/α,β-unsaturated/α-hetero) is 1. The van der Waals surface area contributed by atoms with Gasteiger partial charge >= 0.3 is 6.09 Å².